The highest BCUT2D eigenvalue weighted by Gasteiger charge is 2.51. The molecule has 1 unspecified atom stereocenters. The quantitative estimate of drug-likeness (QED) is 0.586. The van der Waals surface area contributed by atoms with Crippen molar-refractivity contribution in [2.45, 2.75) is 13.0 Å². The van der Waals surface area contributed by atoms with Gasteiger partial charge in [-0.05, 0) is 12.5 Å². The van der Waals surface area contributed by atoms with Crippen LogP contribution in [0.5, 0.6) is 0 Å². The summed E-state index contributed by atoms with van der Waals surface area (Å²) >= 11 is 0. The lowest BCUT2D eigenvalue weighted by Crippen LogP contribution is -2.61. The Balaban J connectivity index is 2.44. The molecule has 2 aliphatic heterocycles. The number of carbonyl (C=O) groups excluding carboxylic acids is 2. The van der Waals surface area contributed by atoms with Crippen LogP contribution >= 0.6 is 0 Å². The molecule has 7 heteroatoms. The second-order valence-corrected chi connectivity index (χ2v) is 5.19. The predicted molar refractivity (Wildman–Crippen MR) is 80.3 cm³/mol. The molecular weight excluding hydrogens is 270 g/mol. The minimum Gasteiger partial charge on any atom is -0.271 e. The third-order valence-electron chi connectivity index (χ3n) is 3.38. The zero-order chi connectivity index (χ0) is 15.7. The van der Waals surface area contributed by atoms with E-state index in [1.165, 1.54) is 11.9 Å². The Hall–Kier alpha value is -2.44. The molecule has 21 heavy (non-hydrogen) atoms. The first-order valence-electron chi connectivity index (χ1n) is 6.65. The van der Waals surface area contributed by atoms with Crippen molar-refractivity contribution in [3.05, 3.63) is 24.8 Å². The Labute approximate surface area is 123 Å². The Bertz CT molecular complexity index is 590. The van der Waals surface area contributed by atoms with Gasteiger partial charge in [-0.25, -0.2) is 9.37 Å². The van der Waals surface area contributed by atoms with E-state index in [0.29, 0.717) is 24.9 Å². The van der Waals surface area contributed by atoms with E-state index in [4.69, 9.17) is 0 Å². The van der Waals surface area contributed by atoms with Crippen molar-refractivity contribution in [1.29, 1.82) is 0 Å². The number of nitrogens with one attached hydrogen (secondary N) is 1. The number of amides is 3. The molecule has 0 bridgehead atoms. The maximum atomic E-state index is 12.4. The molecule has 0 aromatic heterocycles. The van der Waals surface area contributed by atoms with Crippen LogP contribution in [-0.4, -0.2) is 71.3 Å². The molecule has 1 saturated heterocycles. The highest BCUT2D eigenvalue weighted by Crippen LogP contribution is 2.18. The maximum absolute atomic E-state index is 12.4. The van der Waals surface area contributed by atoms with E-state index < -0.39 is 6.04 Å². The number of guanidine groups is 1. The number of imide groups is 1. The molecule has 0 aliphatic carbocycles. The molecule has 2 rings (SSSR count). The van der Waals surface area contributed by atoms with Gasteiger partial charge in [0.25, 0.3) is 5.91 Å². The molecule has 1 N–H and O–H groups in total. The fourth-order valence-corrected chi connectivity index (χ4v) is 2.36. The lowest BCUT2D eigenvalue weighted by atomic mass is 10.1. The number of amidine groups is 1. The number of urea groups is 1. The third kappa shape index (κ3) is 2.46. The van der Waals surface area contributed by atoms with E-state index in [1.807, 2.05) is 11.5 Å². The molecule has 7 nitrogen and oxygen atoms in total. The third-order valence-corrected chi connectivity index (χ3v) is 3.38. The van der Waals surface area contributed by atoms with Gasteiger partial charge in [-0.15, -0.1) is 0 Å². The van der Waals surface area contributed by atoms with Gasteiger partial charge in [-0.1, -0.05) is 24.2 Å². The van der Waals surface area contributed by atoms with Crippen molar-refractivity contribution in [2.24, 2.45) is 4.99 Å². The Kier molecular flexibility index (Phi) is 3.93. The van der Waals surface area contributed by atoms with Crippen LogP contribution < -0.4 is 5.32 Å². The summed E-state index contributed by atoms with van der Waals surface area (Å²) in [5.74, 6) is 0.714. The number of aliphatic imine (C=N–C) groups is 1. The highest BCUT2D eigenvalue weighted by atomic mass is 16.2. The van der Waals surface area contributed by atoms with Crippen molar-refractivity contribution in [3.8, 4) is 0 Å². The van der Waals surface area contributed by atoms with Crippen LogP contribution in [0, 0.1) is 0 Å². The molecule has 0 spiro atoms. The number of rotatable bonds is 4. The fraction of sp³-hybridized carbons (Fsp3) is 0.429. The van der Waals surface area contributed by atoms with E-state index in [-0.39, 0.29) is 11.9 Å². The van der Waals surface area contributed by atoms with Crippen molar-refractivity contribution < 1.29 is 14.2 Å². The van der Waals surface area contributed by atoms with Crippen LogP contribution in [0.4, 0.5) is 4.79 Å². The fourth-order valence-electron chi connectivity index (χ4n) is 2.36. The summed E-state index contributed by atoms with van der Waals surface area (Å²) < 4.78 is 1.82. The Morgan fingerprint density at radius 2 is 2.10 bits per heavy atom. The van der Waals surface area contributed by atoms with Gasteiger partial charge in [-0.2, -0.15) is 0 Å². The van der Waals surface area contributed by atoms with Crippen molar-refractivity contribution in [2.75, 3.05) is 27.2 Å². The van der Waals surface area contributed by atoms with Crippen molar-refractivity contribution in [1.82, 2.24) is 15.1 Å². The largest absolute Gasteiger partial charge is 0.390 e. The van der Waals surface area contributed by atoms with Gasteiger partial charge < -0.3 is 0 Å². The normalized spacial score (nSPS) is 21.5. The van der Waals surface area contributed by atoms with Gasteiger partial charge in [-0.3, -0.25) is 19.9 Å². The number of hydrogen-bond donors (Lipinski definition) is 1. The van der Waals surface area contributed by atoms with Gasteiger partial charge in [0.1, 0.15) is 0 Å². The summed E-state index contributed by atoms with van der Waals surface area (Å²) in [6, 6.07) is -0.975. The SMILES string of the molecule is C=CCNC1=[N+](CC(=C)C)C2C(=O)N(C)C(=O)N(C)C2=N1. The maximum Gasteiger partial charge on any atom is 0.390 e. The average Bonchev–Trinajstić information content (AvgIpc) is 2.78. The van der Waals surface area contributed by atoms with Crippen LogP contribution in [-0.2, 0) is 4.79 Å². The molecule has 0 aromatic rings. The topological polar surface area (TPSA) is 68.0 Å². The van der Waals surface area contributed by atoms with Gasteiger partial charge in [0.05, 0.1) is 13.1 Å². The zero-order valence-electron chi connectivity index (χ0n) is 12.6. The smallest absolute Gasteiger partial charge is 0.271 e. The molecule has 2 aliphatic rings. The van der Waals surface area contributed by atoms with Gasteiger partial charge >= 0.3 is 12.0 Å². The second kappa shape index (κ2) is 5.51. The van der Waals surface area contributed by atoms with E-state index in [9.17, 15) is 9.59 Å². The standard InChI is InChI=1S/C14H19N5O2/c1-6-7-15-13-16-11-10(19(13)8-9(2)3)12(20)18(5)14(21)17(11)4/h6,10H,1-2,7-8H2,3-5H3/p+1. The predicted octanol–water partition coefficient (Wildman–Crippen LogP) is 0.0111. The molecule has 1 fully saturated rings. The van der Waals surface area contributed by atoms with E-state index in [1.54, 1.807) is 13.1 Å². The zero-order valence-corrected chi connectivity index (χ0v) is 12.6. The summed E-state index contributed by atoms with van der Waals surface area (Å²) in [7, 11) is 3.10. The Morgan fingerprint density at radius 1 is 1.43 bits per heavy atom. The molecule has 2 heterocycles. The molecule has 0 saturated carbocycles. The van der Waals surface area contributed by atoms with Crippen LogP contribution in [0.2, 0.25) is 0 Å². The molecule has 3 amide bonds. The lowest BCUT2D eigenvalue weighted by molar-refractivity contribution is -0.529. The summed E-state index contributed by atoms with van der Waals surface area (Å²) in [5.41, 5.74) is 0.902. The molecule has 1 atom stereocenters. The summed E-state index contributed by atoms with van der Waals surface area (Å²) in [4.78, 5) is 31.4. The van der Waals surface area contributed by atoms with E-state index in [2.05, 4.69) is 23.5 Å². The molecule has 0 radical (unpaired) electrons. The minimum atomic E-state index is -0.596. The number of nitrogens with zero attached hydrogens (tertiary/aromatic N) is 4. The summed E-state index contributed by atoms with van der Waals surface area (Å²) in [6.45, 7) is 10.4. The van der Waals surface area contributed by atoms with Crippen molar-refractivity contribution in [3.63, 3.8) is 0 Å². The van der Waals surface area contributed by atoms with Crippen LogP contribution in [0.25, 0.3) is 0 Å². The number of hydrogen-bond acceptors (Lipinski definition) is 4. The second-order valence-electron chi connectivity index (χ2n) is 5.19. The molecule has 0 aromatic carbocycles. The number of carbonyl (C=O) groups is 2. The van der Waals surface area contributed by atoms with Gasteiger partial charge in [0, 0.05) is 14.1 Å². The lowest BCUT2D eigenvalue weighted by Gasteiger charge is -2.31. The van der Waals surface area contributed by atoms with Crippen LogP contribution in [0.15, 0.2) is 29.8 Å². The van der Waals surface area contributed by atoms with Gasteiger partial charge in [0.15, 0.2) is 0 Å². The molecule has 112 valence electrons. The Morgan fingerprint density at radius 3 is 2.67 bits per heavy atom. The molecular formula is C14H20N5O2+. The summed E-state index contributed by atoms with van der Waals surface area (Å²) in [5, 5.41) is 3.10. The van der Waals surface area contributed by atoms with E-state index in [0.717, 1.165) is 10.5 Å². The first-order chi connectivity index (χ1) is 9.88. The van der Waals surface area contributed by atoms with Gasteiger partial charge in [0.2, 0.25) is 11.9 Å². The minimum absolute atomic E-state index is 0.284. The van der Waals surface area contributed by atoms with Crippen LogP contribution in [0.3, 0.4) is 0 Å². The average molecular weight is 290 g/mol. The highest BCUT2D eigenvalue weighted by molar-refractivity contribution is 6.22. The van der Waals surface area contributed by atoms with Crippen molar-refractivity contribution >= 4 is 23.7 Å². The first kappa shape index (κ1) is 15.0. The first-order valence-corrected chi connectivity index (χ1v) is 6.65. The van der Waals surface area contributed by atoms with Crippen LogP contribution in [0.1, 0.15) is 6.92 Å². The van der Waals surface area contributed by atoms with E-state index >= 15 is 0 Å². The summed E-state index contributed by atoms with van der Waals surface area (Å²) in [6.07, 6.45) is 1.71. The number of fused-ring (bicyclic) bond motifs is 1. The monoisotopic (exact) mass is 290 g/mol. The number of likely N-dealkylation sites (N-methyl/N-ethyl adjacent to an activating group) is 2.